The molecule has 2 aromatic rings. The first-order chi connectivity index (χ1) is 17.0. The van der Waals surface area contributed by atoms with E-state index >= 15 is 0 Å². The molecule has 0 saturated heterocycles. The van der Waals surface area contributed by atoms with E-state index in [2.05, 4.69) is 17.4 Å². The SMILES string of the molecule is COCCCC(NC(=O)OCC1c2ccccc2-c2ccccc21)C(=O)N(CCSC)CC(=O)O. The molecule has 8 nitrogen and oxygen atoms in total. The van der Waals surface area contributed by atoms with E-state index in [1.807, 2.05) is 42.7 Å². The quantitative estimate of drug-likeness (QED) is 0.405. The lowest BCUT2D eigenvalue weighted by Gasteiger charge is -2.26. The Morgan fingerprint density at radius 3 is 2.29 bits per heavy atom. The third-order valence-corrected chi connectivity index (χ3v) is 6.57. The van der Waals surface area contributed by atoms with Crippen LogP contribution in [0.4, 0.5) is 4.79 Å². The third kappa shape index (κ3) is 6.99. The number of nitrogens with one attached hydrogen (secondary N) is 1. The smallest absolute Gasteiger partial charge is 0.407 e. The molecule has 2 amide bonds. The monoisotopic (exact) mass is 500 g/mol. The van der Waals surface area contributed by atoms with Crippen molar-refractivity contribution in [1.82, 2.24) is 10.2 Å². The zero-order chi connectivity index (χ0) is 25.2. The highest BCUT2D eigenvalue weighted by molar-refractivity contribution is 7.98. The number of aliphatic carboxylic acids is 1. The average Bonchev–Trinajstić information content (AvgIpc) is 3.18. The second-order valence-electron chi connectivity index (χ2n) is 8.30. The molecule has 188 valence electrons. The molecule has 0 aliphatic heterocycles. The molecule has 0 spiro atoms. The number of nitrogens with zero attached hydrogens (tertiary/aromatic N) is 1. The number of carboxylic acid groups (broad SMARTS) is 1. The van der Waals surface area contributed by atoms with Gasteiger partial charge in [0.05, 0.1) is 0 Å². The van der Waals surface area contributed by atoms with Crippen LogP contribution in [-0.2, 0) is 19.1 Å². The zero-order valence-corrected chi connectivity index (χ0v) is 20.9. The number of carbonyl (C=O) groups excluding carboxylic acids is 2. The number of methoxy groups -OCH3 is 1. The molecule has 9 heteroatoms. The molecule has 0 aromatic heterocycles. The zero-order valence-electron chi connectivity index (χ0n) is 20.1. The molecule has 0 radical (unpaired) electrons. The molecule has 2 aromatic carbocycles. The Bertz CT molecular complexity index is 985. The van der Waals surface area contributed by atoms with Crippen LogP contribution in [0.2, 0.25) is 0 Å². The summed E-state index contributed by atoms with van der Waals surface area (Å²) < 4.78 is 10.7. The number of ether oxygens (including phenoxy) is 2. The van der Waals surface area contributed by atoms with Crippen molar-refractivity contribution in [3.63, 3.8) is 0 Å². The van der Waals surface area contributed by atoms with Crippen molar-refractivity contribution in [3.05, 3.63) is 59.7 Å². The summed E-state index contributed by atoms with van der Waals surface area (Å²) in [5, 5.41) is 11.9. The fourth-order valence-electron chi connectivity index (χ4n) is 4.32. The molecule has 1 aliphatic rings. The Morgan fingerprint density at radius 2 is 1.71 bits per heavy atom. The van der Waals surface area contributed by atoms with Gasteiger partial charge in [-0.3, -0.25) is 9.59 Å². The fourth-order valence-corrected chi connectivity index (χ4v) is 4.73. The summed E-state index contributed by atoms with van der Waals surface area (Å²) in [6.07, 6.45) is 2.02. The minimum atomic E-state index is -1.10. The van der Waals surface area contributed by atoms with Gasteiger partial charge in [0.15, 0.2) is 0 Å². The van der Waals surface area contributed by atoms with Crippen molar-refractivity contribution in [2.45, 2.75) is 24.8 Å². The van der Waals surface area contributed by atoms with Crippen LogP contribution in [0.3, 0.4) is 0 Å². The van der Waals surface area contributed by atoms with Crippen molar-refractivity contribution < 1.29 is 29.0 Å². The van der Waals surface area contributed by atoms with Gasteiger partial charge in [0.2, 0.25) is 5.91 Å². The van der Waals surface area contributed by atoms with E-state index in [4.69, 9.17) is 9.47 Å². The first kappa shape index (κ1) is 26.6. The standard InChI is InChI=1S/C26H32N2O6S/c1-33-14-7-12-23(25(31)28(13-15-35-2)16-24(29)30)27-26(32)34-17-22-20-10-5-3-8-18(20)19-9-4-6-11-21(19)22/h3-6,8-11,22-23H,7,12-17H2,1-2H3,(H,27,32)(H,29,30). The number of benzene rings is 2. The van der Waals surface area contributed by atoms with E-state index < -0.39 is 30.6 Å². The number of rotatable bonds is 13. The minimum Gasteiger partial charge on any atom is -0.480 e. The van der Waals surface area contributed by atoms with Gasteiger partial charge in [0.1, 0.15) is 19.2 Å². The summed E-state index contributed by atoms with van der Waals surface area (Å²) in [7, 11) is 1.56. The Labute approximate surface area is 210 Å². The van der Waals surface area contributed by atoms with Gasteiger partial charge >= 0.3 is 12.1 Å². The molecular formula is C26H32N2O6S. The average molecular weight is 501 g/mol. The van der Waals surface area contributed by atoms with Crippen molar-refractivity contribution in [1.29, 1.82) is 0 Å². The lowest BCUT2D eigenvalue weighted by atomic mass is 9.98. The molecule has 0 saturated carbocycles. The third-order valence-electron chi connectivity index (χ3n) is 5.98. The lowest BCUT2D eigenvalue weighted by molar-refractivity contribution is -0.145. The van der Waals surface area contributed by atoms with Gasteiger partial charge < -0.3 is 24.8 Å². The topological polar surface area (TPSA) is 105 Å². The first-order valence-electron chi connectivity index (χ1n) is 11.6. The molecular weight excluding hydrogens is 468 g/mol. The number of fused-ring (bicyclic) bond motifs is 3. The predicted molar refractivity (Wildman–Crippen MR) is 136 cm³/mol. The Balaban J connectivity index is 1.68. The van der Waals surface area contributed by atoms with E-state index in [1.165, 1.54) is 16.7 Å². The molecule has 0 bridgehead atoms. The summed E-state index contributed by atoms with van der Waals surface area (Å²) in [4.78, 5) is 38.5. The van der Waals surface area contributed by atoms with Gasteiger partial charge in [-0.2, -0.15) is 11.8 Å². The van der Waals surface area contributed by atoms with Gasteiger partial charge in [-0.25, -0.2) is 4.79 Å². The largest absolute Gasteiger partial charge is 0.480 e. The minimum absolute atomic E-state index is 0.0964. The lowest BCUT2D eigenvalue weighted by Crippen LogP contribution is -2.50. The summed E-state index contributed by atoms with van der Waals surface area (Å²) >= 11 is 1.51. The maximum Gasteiger partial charge on any atom is 0.407 e. The van der Waals surface area contributed by atoms with Crippen LogP contribution in [-0.4, -0.2) is 79.4 Å². The van der Waals surface area contributed by atoms with Crippen LogP contribution in [0.25, 0.3) is 11.1 Å². The highest BCUT2D eigenvalue weighted by Gasteiger charge is 2.31. The molecule has 0 fully saturated rings. The highest BCUT2D eigenvalue weighted by Crippen LogP contribution is 2.44. The molecule has 1 unspecified atom stereocenters. The summed E-state index contributed by atoms with van der Waals surface area (Å²) in [6.45, 7) is 0.399. The maximum absolute atomic E-state index is 13.1. The predicted octanol–water partition coefficient (Wildman–Crippen LogP) is 3.60. The summed E-state index contributed by atoms with van der Waals surface area (Å²) in [5.41, 5.74) is 4.45. The highest BCUT2D eigenvalue weighted by atomic mass is 32.2. The molecule has 2 N–H and O–H groups in total. The number of carbonyl (C=O) groups is 3. The Kier molecular flexibility index (Phi) is 9.98. The van der Waals surface area contributed by atoms with E-state index in [-0.39, 0.29) is 19.1 Å². The van der Waals surface area contributed by atoms with Gasteiger partial charge in [0, 0.05) is 31.9 Å². The van der Waals surface area contributed by atoms with E-state index in [1.54, 1.807) is 7.11 Å². The van der Waals surface area contributed by atoms with Gasteiger partial charge in [-0.1, -0.05) is 48.5 Å². The summed E-state index contributed by atoms with van der Waals surface area (Å²) in [5.74, 6) is -1.04. The fraction of sp³-hybridized carbons (Fsp3) is 0.423. The van der Waals surface area contributed by atoms with Crippen LogP contribution in [0.1, 0.15) is 29.9 Å². The van der Waals surface area contributed by atoms with Crippen molar-refractivity contribution in [2.75, 3.05) is 45.4 Å². The first-order valence-corrected chi connectivity index (χ1v) is 13.0. The van der Waals surface area contributed by atoms with Gasteiger partial charge in [-0.15, -0.1) is 0 Å². The molecule has 3 rings (SSSR count). The summed E-state index contributed by atoms with van der Waals surface area (Å²) in [6, 6.07) is 15.2. The molecule has 35 heavy (non-hydrogen) atoms. The molecule has 1 aliphatic carbocycles. The van der Waals surface area contributed by atoms with Gasteiger partial charge in [-0.05, 0) is 41.4 Å². The second-order valence-corrected chi connectivity index (χ2v) is 9.29. The Hall–Kier alpha value is -3.04. The van der Waals surface area contributed by atoms with Gasteiger partial charge in [0.25, 0.3) is 0 Å². The van der Waals surface area contributed by atoms with Crippen LogP contribution in [0, 0.1) is 0 Å². The van der Waals surface area contributed by atoms with Crippen LogP contribution in [0.15, 0.2) is 48.5 Å². The van der Waals surface area contributed by atoms with Crippen LogP contribution in [0.5, 0.6) is 0 Å². The van der Waals surface area contributed by atoms with Crippen LogP contribution >= 0.6 is 11.8 Å². The number of thioether (sulfide) groups is 1. The number of carboxylic acids is 1. The maximum atomic E-state index is 13.1. The normalized spacial score (nSPS) is 13.0. The van der Waals surface area contributed by atoms with Crippen molar-refractivity contribution >= 4 is 29.7 Å². The number of alkyl carbamates (subject to hydrolysis) is 1. The number of hydrogen-bond acceptors (Lipinski definition) is 6. The molecule has 0 heterocycles. The number of hydrogen-bond donors (Lipinski definition) is 2. The van der Waals surface area contributed by atoms with E-state index in [0.717, 1.165) is 22.3 Å². The van der Waals surface area contributed by atoms with E-state index in [9.17, 15) is 19.5 Å². The van der Waals surface area contributed by atoms with Crippen molar-refractivity contribution in [3.8, 4) is 11.1 Å². The van der Waals surface area contributed by atoms with Crippen LogP contribution < -0.4 is 5.32 Å². The van der Waals surface area contributed by atoms with Crippen molar-refractivity contribution in [2.24, 2.45) is 0 Å². The second kappa shape index (κ2) is 13.2. The number of amides is 2. The van der Waals surface area contributed by atoms with E-state index in [0.29, 0.717) is 25.2 Å². The Morgan fingerprint density at radius 1 is 1.09 bits per heavy atom. The molecule has 1 atom stereocenters.